The smallest absolute Gasteiger partial charge is 0.150 e. The van der Waals surface area contributed by atoms with Crippen LogP contribution in [0.1, 0.15) is 38.3 Å². The Morgan fingerprint density at radius 1 is 1.33 bits per heavy atom. The van der Waals surface area contributed by atoms with Gasteiger partial charge in [0.05, 0.1) is 0 Å². The number of aryl methyl sites for hydroxylation is 2. The van der Waals surface area contributed by atoms with Gasteiger partial charge in [0.2, 0.25) is 0 Å². The highest BCUT2D eigenvalue weighted by Gasteiger charge is 2.42. The highest BCUT2D eigenvalue weighted by molar-refractivity contribution is 9.09. The lowest BCUT2D eigenvalue weighted by Crippen LogP contribution is -2.16. The maximum Gasteiger partial charge on any atom is 0.150 e. The summed E-state index contributed by atoms with van der Waals surface area (Å²) < 4.78 is 2.12. The molecule has 84 valence electrons. The van der Waals surface area contributed by atoms with Gasteiger partial charge in [0, 0.05) is 24.7 Å². The molecule has 0 radical (unpaired) electrons. The van der Waals surface area contributed by atoms with Crippen molar-refractivity contribution in [2.75, 3.05) is 5.33 Å². The van der Waals surface area contributed by atoms with Gasteiger partial charge in [0.25, 0.3) is 0 Å². The van der Waals surface area contributed by atoms with Gasteiger partial charge in [-0.15, -0.1) is 0 Å². The van der Waals surface area contributed by atoms with E-state index in [1.54, 1.807) is 0 Å². The Balaban J connectivity index is 2.15. The number of rotatable bonds is 5. The predicted octanol–water partition coefficient (Wildman–Crippen LogP) is 2.58. The normalized spacial score (nSPS) is 18.1. The van der Waals surface area contributed by atoms with Crippen molar-refractivity contribution in [1.29, 1.82) is 0 Å². The molecule has 1 aromatic rings. The van der Waals surface area contributed by atoms with E-state index in [0.29, 0.717) is 5.41 Å². The molecular weight excluding hydrogens is 254 g/mol. The Labute approximate surface area is 99.4 Å². The fourth-order valence-corrected chi connectivity index (χ4v) is 2.53. The Bertz CT molecular complexity index is 342. The SMILES string of the molecule is CCc1nc(CC)n(CC2(CBr)CC2)n1. The molecule has 1 heterocycles. The molecule has 0 unspecified atom stereocenters. The molecule has 0 amide bonds. The van der Waals surface area contributed by atoms with Gasteiger partial charge in [-0.05, 0) is 18.3 Å². The van der Waals surface area contributed by atoms with Crippen molar-refractivity contribution in [2.24, 2.45) is 5.41 Å². The number of halogens is 1. The number of alkyl halides is 1. The lowest BCUT2D eigenvalue weighted by Gasteiger charge is -2.12. The summed E-state index contributed by atoms with van der Waals surface area (Å²) in [6.45, 7) is 5.29. The van der Waals surface area contributed by atoms with Gasteiger partial charge in [0.15, 0.2) is 5.82 Å². The van der Waals surface area contributed by atoms with E-state index in [1.165, 1.54) is 12.8 Å². The molecule has 0 spiro atoms. The van der Waals surface area contributed by atoms with Crippen molar-refractivity contribution in [3.63, 3.8) is 0 Å². The largest absolute Gasteiger partial charge is 0.249 e. The first-order valence-electron chi connectivity index (χ1n) is 5.71. The molecule has 1 aliphatic carbocycles. The van der Waals surface area contributed by atoms with Crippen LogP contribution in [0.25, 0.3) is 0 Å². The van der Waals surface area contributed by atoms with Gasteiger partial charge in [-0.1, -0.05) is 29.8 Å². The van der Waals surface area contributed by atoms with Crippen molar-refractivity contribution >= 4 is 15.9 Å². The van der Waals surface area contributed by atoms with Gasteiger partial charge in [-0.2, -0.15) is 5.10 Å². The summed E-state index contributed by atoms with van der Waals surface area (Å²) in [5, 5.41) is 5.65. The summed E-state index contributed by atoms with van der Waals surface area (Å²) in [5.74, 6) is 2.12. The van der Waals surface area contributed by atoms with Crippen LogP contribution in [0.5, 0.6) is 0 Å². The standard InChI is InChI=1S/C11H18BrN3/c1-3-9-13-10(4-2)15(14-9)8-11(7-12)5-6-11/h3-8H2,1-2H3. The van der Waals surface area contributed by atoms with E-state index in [1.807, 2.05) is 0 Å². The predicted molar refractivity (Wildman–Crippen MR) is 64.2 cm³/mol. The Morgan fingerprint density at radius 3 is 2.53 bits per heavy atom. The molecule has 0 bridgehead atoms. The lowest BCUT2D eigenvalue weighted by molar-refractivity contribution is 0.428. The second-order valence-electron chi connectivity index (χ2n) is 4.44. The van der Waals surface area contributed by atoms with Gasteiger partial charge in [-0.25, -0.2) is 9.67 Å². The van der Waals surface area contributed by atoms with Gasteiger partial charge < -0.3 is 0 Å². The van der Waals surface area contributed by atoms with E-state index >= 15 is 0 Å². The fourth-order valence-electron chi connectivity index (χ4n) is 1.79. The first-order chi connectivity index (χ1) is 7.23. The van der Waals surface area contributed by atoms with E-state index in [2.05, 4.69) is 44.5 Å². The Hall–Kier alpha value is -0.380. The minimum absolute atomic E-state index is 0.475. The van der Waals surface area contributed by atoms with E-state index in [9.17, 15) is 0 Å². The molecule has 4 heteroatoms. The summed E-state index contributed by atoms with van der Waals surface area (Å²) in [5.41, 5.74) is 0.475. The molecule has 15 heavy (non-hydrogen) atoms. The molecule has 1 aromatic heterocycles. The van der Waals surface area contributed by atoms with Crippen LogP contribution in [-0.4, -0.2) is 20.1 Å². The van der Waals surface area contributed by atoms with Crippen LogP contribution in [-0.2, 0) is 19.4 Å². The Morgan fingerprint density at radius 2 is 2.07 bits per heavy atom. The zero-order chi connectivity index (χ0) is 10.9. The topological polar surface area (TPSA) is 30.7 Å². The third kappa shape index (κ3) is 2.25. The van der Waals surface area contributed by atoms with Gasteiger partial charge in [-0.3, -0.25) is 0 Å². The summed E-state index contributed by atoms with van der Waals surface area (Å²) >= 11 is 3.60. The molecule has 1 aliphatic rings. The van der Waals surface area contributed by atoms with Crippen LogP contribution < -0.4 is 0 Å². The molecule has 1 saturated carbocycles. The van der Waals surface area contributed by atoms with Crippen molar-refractivity contribution in [3.05, 3.63) is 11.6 Å². The van der Waals surface area contributed by atoms with Crippen molar-refractivity contribution < 1.29 is 0 Å². The van der Waals surface area contributed by atoms with E-state index in [-0.39, 0.29) is 0 Å². The van der Waals surface area contributed by atoms with Gasteiger partial charge >= 0.3 is 0 Å². The second kappa shape index (κ2) is 4.24. The average Bonchev–Trinajstić information content (AvgIpc) is 2.92. The fraction of sp³-hybridized carbons (Fsp3) is 0.818. The van der Waals surface area contributed by atoms with Crippen LogP contribution in [0.2, 0.25) is 0 Å². The van der Waals surface area contributed by atoms with E-state index < -0.39 is 0 Å². The number of nitrogens with zero attached hydrogens (tertiary/aromatic N) is 3. The first-order valence-corrected chi connectivity index (χ1v) is 6.83. The number of hydrogen-bond donors (Lipinski definition) is 0. The highest BCUT2D eigenvalue weighted by atomic mass is 79.9. The van der Waals surface area contributed by atoms with Crippen molar-refractivity contribution in [2.45, 2.75) is 46.1 Å². The van der Waals surface area contributed by atoms with Crippen LogP contribution in [0.15, 0.2) is 0 Å². The summed E-state index contributed by atoms with van der Waals surface area (Å²) in [6.07, 6.45) is 4.55. The second-order valence-corrected chi connectivity index (χ2v) is 5.00. The van der Waals surface area contributed by atoms with E-state index in [4.69, 9.17) is 0 Å². The highest BCUT2D eigenvalue weighted by Crippen LogP contribution is 2.48. The molecular formula is C11H18BrN3. The Kier molecular flexibility index (Phi) is 3.14. The molecule has 0 aliphatic heterocycles. The maximum absolute atomic E-state index is 4.56. The maximum atomic E-state index is 4.56. The third-order valence-corrected chi connectivity index (χ3v) is 4.34. The van der Waals surface area contributed by atoms with Crippen LogP contribution in [0, 0.1) is 5.41 Å². The average molecular weight is 272 g/mol. The van der Waals surface area contributed by atoms with Crippen molar-refractivity contribution in [3.8, 4) is 0 Å². The minimum atomic E-state index is 0.475. The summed E-state index contributed by atoms with van der Waals surface area (Å²) in [6, 6.07) is 0. The first kappa shape index (κ1) is 11.1. The monoisotopic (exact) mass is 271 g/mol. The molecule has 0 saturated heterocycles. The number of hydrogen-bond acceptors (Lipinski definition) is 2. The molecule has 0 N–H and O–H groups in total. The molecule has 3 nitrogen and oxygen atoms in total. The van der Waals surface area contributed by atoms with Crippen LogP contribution >= 0.6 is 15.9 Å². The molecule has 0 atom stereocenters. The van der Waals surface area contributed by atoms with Crippen LogP contribution in [0.4, 0.5) is 0 Å². The summed E-state index contributed by atoms with van der Waals surface area (Å²) in [4.78, 5) is 4.53. The molecule has 1 fully saturated rings. The lowest BCUT2D eigenvalue weighted by atomic mass is 10.1. The van der Waals surface area contributed by atoms with E-state index in [0.717, 1.165) is 36.4 Å². The summed E-state index contributed by atoms with van der Waals surface area (Å²) in [7, 11) is 0. The zero-order valence-corrected chi connectivity index (χ0v) is 11.0. The molecule has 0 aromatic carbocycles. The van der Waals surface area contributed by atoms with Gasteiger partial charge in [0.1, 0.15) is 5.82 Å². The number of aromatic nitrogens is 3. The van der Waals surface area contributed by atoms with Crippen LogP contribution in [0.3, 0.4) is 0 Å². The van der Waals surface area contributed by atoms with Crippen molar-refractivity contribution in [1.82, 2.24) is 14.8 Å². The quantitative estimate of drug-likeness (QED) is 0.771. The molecule has 2 rings (SSSR count). The third-order valence-electron chi connectivity index (χ3n) is 3.15. The minimum Gasteiger partial charge on any atom is -0.249 e. The zero-order valence-electron chi connectivity index (χ0n) is 9.46.